The predicted molar refractivity (Wildman–Crippen MR) is 89.5 cm³/mol. The van der Waals surface area contributed by atoms with Crippen molar-refractivity contribution in [1.29, 1.82) is 0 Å². The molecule has 1 aromatic heterocycles. The molecule has 3 nitrogen and oxygen atoms in total. The van der Waals surface area contributed by atoms with Crippen molar-refractivity contribution in [2.45, 2.75) is 32.2 Å². The number of rotatable bonds is 7. The average Bonchev–Trinajstić information content (AvgIpc) is 2.51. The third-order valence-electron chi connectivity index (χ3n) is 3.43. The van der Waals surface area contributed by atoms with Gasteiger partial charge in [0, 0.05) is 29.3 Å². The van der Waals surface area contributed by atoms with E-state index in [-0.39, 0.29) is 6.04 Å². The Labute approximate surface area is 134 Å². The van der Waals surface area contributed by atoms with Gasteiger partial charge in [0.1, 0.15) is 5.75 Å². The normalized spacial score (nSPS) is 12.1. The first-order chi connectivity index (χ1) is 10.2. The lowest BCUT2D eigenvalue weighted by atomic mass is 10.0. The van der Waals surface area contributed by atoms with Crippen LogP contribution in [0.4, 0.5) is 0 Å². The summed E-state index contributed by atoms with van der Waals surface area (Å²) in [7, 11) is 0. The Balaban J connectivity index is 1.92. The van der Waals surface area contributed by atoms with Crippen LogP contribution in [0.25, 0.3) is 0 Å². The summed E-state index contributed by atoms with van der Waals surface area (Å²) in [6, 6.07) is 10.3. The van der Waals surface area contributed by atoms with Gasteiger partial charge in [-0.2, -0.15) is 0 Å². The van der Waals surface area contributed by atoms with Crippen molar-refractivity contribution in [3.05, 3.63) is 58.3 Å². The lowest BCUT2D eigenvalue weighted by Crippen LogP contribution is -2.21. The molecule has 0 fully saturated rings. The fourth-order valence-electron chi connectivity index (χ4n) is 2.06. The van der Waals surface area contributed by atoms with Gasteiger partial charge < -0.3 is 10.5 Å². The van der Waals surface area contributed by atoms with Gasteiger partial charge in [0.25, 0.3) is 0 Å². The van der Waals surface area contributed by atoms with Crippen molar-refractivity contribution in [3.8, 4) is 5.75 Å². The number of hydrogen-bond acceptors (Lipinski definition) is 3. The first kappa shape index (κ1) is 16.0. The first-order valence-corrected chi connectivity index (χ1v) is 8.04. The van der Waals surface area contributed by atoms with Crippen LogP contribution in [0.15, 0.2) is 47.2 Å². The molecule has 0 saturated carbocycles. The van der Waals surface area contributed by atoms with Crippen molar-refractivity contribution in [2.24, 2.45) is 5.73 Å². The van der Waals surface area contributed by atoms with Crippen LogP contribution < -0.4 is 10.5 Å². The molecule has 0 aliphatic carbocycles. The van der Waals surface area contributed by atoms with Gasteiger partial charge in [0.2, 0.25) is 0 Å². The molecule has 0 bridgehead atoms. The third-order valence-corrected chi connectivity index (χ3v) is 4.21. The van der Waals surface area contributed by atoms with Crippen LogP contribution in [-0.2, 0) is 12.8 Å². The molecule has 1 unspecified atom stereocenters. The van der Waals surface area contributed by atoms with E-state index in [1.54, 1.807) is 12.4 Å². The number of aromatic nitrogens is 1. The molecular formula is C17H21BrN2O. The van der Waals surface area contributed by atoms with Crippen molar-refractivity contribution in [3.63, 3.8) is 0 Å². The van der Waals surface area contributed by atoms with Gasteiger partial charge in [0.05, 0.1) is 6.61 Å². The lowest BCUT2D eigenvalue weighted by molar-refractivity contribution is 0.321. The third kappa shape index (κ3) is 5.14. The second-order valence-electron chi connectivity index (χ2n) is 5.08. The fourth-order valence-corrected chi connectivity index (χ4v) is 2.47. The topological polar surface area (TPSA) is 48.1 Å². The highest BCUT2D eigenvalue weighted by Crippen LogP contribution is 2.24. The summed E-state index contributed by atoms with van der Waals surface area (Å²) >= 11 is 3.57. The molecule has 1 aromatic carbocycles. The summed E-state index contributed by atoms with van der Waals surface area (Å²) in [5.74, 6) is 0.894. The van der Waals surface area contributed by atoms with Crippen LogP contribution in [0, 0.1) is 0 Å². The van der Waals surface area contributed by atoms with Gasteiger partial charge >= 0.3 is 0 Å². The molecule has 0 spiro atoms. The van der Waals surface area contributed by atoms with E-state index < -0.39 is 0 Å². The molecule has 0 saturated heterocycles. The highest BCUT2D eigenvalue weighted by Gasteiger charge is 2.07. The molecule has 0 aliphatic heterocycles. The Kier molecular flexibility index (Phi) is 6.21. The number of halogens is 1. The maximum atomic E-state index is 6.03. The highest BCUT2D eigenvalue weighted by molar-refractivity contribution is 9.10. The monoisotopic (exact) mass is 348 g/mol. The van der Waals surface area contributed by atoms with Gasteiger partial charge in [-0.05, 0) is 54.3 Å². The Morgan fingerprint density at radius 1 is 1.24 bits per heavy atom. The molecule has 0 aliphatic rings. The molecule has 21 heavy (non-hydrogen) atoms. The fraction of sp³-hybridized carbons (Fsp3) is 0.353. The van der Waals surface area contributed by atoms with Crippen LogP contribution in [0.5, 0.6) is 5.75 Å². The summed E-state index contributed by atoms with van der Waals surface area (Å²) in [5.41, 5.74) is 8.46. The molecule has 1 atom stereocenters. The molecular weight excluding hydrogens is 328 g/mol. The molecule has 0 radical (unpaired) electrons. The minimum atomic E-state index is 0.188. The number of pyridine rings is 1. The second kappa shape index (κ2) is 8.15. The summed E-state index contributed by atoms with van der Waals surface area (Å²) in [6.45, 7) is 2.76. The SMILES string of the molecule is CCC(N)Cc1cc(OCCc2ccncc2)ccc1Br. The van der Waals surface area contributed by atoms with E-state index >= 15 is 0 Å². The van der Waals surface area contributed by atoms with E-state index in [0.717, 1.165) is 29.5 Å². The maximum absolute atomic E-state index is 6.03. The number of ether oxygens (including phenoxy) is 1. The number of nitrogens with zero attached hydrogens (tertiary/aromatic N) is 1. The van der Waals surface area contributed by atoms with Gasteiger partial charge in [-0.15, -0.1) is 0 Å². The molecule has 2 aromatic rings. The van der Waals surface area contributed by atoms with Crippen LogP contribution in [0.2, 0.25) is 0 Å². The van der Waals surface area contributed by atoms with Crippen molar-refractivity contribution in [2.75, 3.05) is 6.61 Å². The number of benzene rings is 1. The quantitative estimate of drug-likeness (QED) is 0.828. The molecule has 1 heterocycles. The van der Waals surface area contributed by atoms with Gasteiger partial charge in [0.15, 0.2) is 0 Å². The summed E-state index contributed by atoms with van der Waals surface area (Å²) in [6.07, 6.45) is 6.32. The average molecular weight is 349 g/mol. The van der Waals surface area contributed by atoms with Crippen molar-refractivity contribution >= 4 is 15.9 Å². The molecule has 112 valence electrons. The molecule has 2 N–H and O–H groups in total. The Morgan fingerprint density at radius 3 is 2.71 bits per heavy atom. The summed E-state index contributed by atoms with van der Waals surface area (Å²) in [5, 5.41) is 0. The Bertz CT molecular complexity index is 560. The predicted octanol–water partition coefficient (Wildman–Crippen LogP) is 3.75. The zero-order valence-corrected chi connectivity index (χ0v) is 13.8. The number of nitrogens with two attached hydrogens (primary N) is 1. The summed E-state index contributed by atoms with van der Waals surface area (Å²) < 4.78 is 6.93. The molecule has 4 heteroatoms. The van der Waals surface area contributed by atoms with Gasteiger partial charge in [-0.25, -0.2) is 0 Å². The lowest BCUT2D eigenvalue weighted by Gasteiger charge is -2.13. The summed E-state index contributed by atoms with van der Waals surface area (Å²) in [4.78, 5) is 4.01. The highest BCUT2D eigenvalue weighted by atomic mass is 79.9. The van der Waals surface area contributed by atoms with Crippen molar-refractivity contribution in [1.82, 2.24) is 4.98 Å². The first-order valence-electron chi connectivity index (χ1n) is 7.24. The standard InChI is InChI=1S/C17H21BrN2O/c1-2-15(19)11-14-12-16(3-4-17(14)18)21-10-7-13-5-8-20-9-6-13/h3-6,8-9,12,15H,2,7,10-11,19H2,1H3. The van der Waals surface area contributed by atoms with E-state index in [0.29, 0.717) is 6.61 Å². The smallest absolute Gasteiger partial charge is 0.119 e. The van der Waals surface area contributed by atoms with Crippen LogP contribution in [0.3, 0.4) is 0 Å². The Morgan fingerprint density at radius 2 is 2.00 bits per heavy atom. The van der Waals surface area contributed by atoms with Crippen molar-refractivity contribution < 1.29 is 4.74 Å². The molecule has 2 rings (SSSR count). The molecule has 0 amide bonds. The minimum absolute atomic E-state index is 0.188. The zero-order chi connectivity index (χ0) is 15.1. The number of hydrogen-bond donors (Lipinski definition) is 1. The van der Waals surface area contributed by atoms with Gasteiger partial charge in [-0.1, -0.05) is 22.9 Å². The Hall–Kier alpha value is -1.39. The van der Waals surface area contributed by atoms with Crippen LogP contribution >= 0.6 is 15.9 Å². The largest absolute Gasteiger partial charge is 0.493 e. The van der Waals surface area contributed by atoms with E-state index in [1.165, 1.54) is 11.1 Å². The van der Waals surface area contributed by atoms with E-state index in [2.05, 4.69) is 33.9 Å². The van der Waals surface area contributed by atoms with Crippen LogP contribution in [0.1, 0.15) is 24.5 Å². The minimum Gasteiger partial charge on any atom is -0.493 e. The second-order valence-corrected chi connectivity index (χ2v) is 5.93. The zero-order valence-electron chi connectivity index (χ0n) is 12.3. The van der Waals surface area contributed by atoms with Gasteiger partial charge in [-0.3, -0.25) is 4.98 Å². The maximum Gasteiger partial charge on any atom is 0.119 e. The van der Waals surface area contributed by atoms with Crippen LogP contribution in [-0.4, -0.2) is 17.6 Å². The van der Waals surface area contributed by atoms with E-state index in [4.69, 9.17) is 10.5 Å². The van der Waals surface area contributed by atoms with E-state index in [9.17, 15) is 0 Å². The van der Waals surface area contributed by atoms with E-state index in [1.807, 2.05) is 24.3 Å².